The minimum absolute atomic E-state index is 0.382. The van der Waals surface area contributed by atoms with Crippen molar-refractivity contribution in [1.82, 2.24) is 10.3 Å². The third-order valence-electron chi connectivity index (χ3n) is 2.57. The van der Waals surface area contributed by atoms with Gasteiger partial charge in [-0.25, -0.2) is 0 Å². The van der Waals surface area contributed by atoms with E-state index in [4.69, 9.17) is 4.74 Å². The number of hydrogen-bond donors (Lipinski definition) is 1. The molecule has 0 spiro atoms. The van der Waals surface area contributed by atoms with Crippen molar-refractivity contribution in [3.63, 3.8) is 0 Å². The van der Waals surface area contributed by atoms with Crippen LogP contribution in [0.5, 0.6) is 5.75 Å². The SMILES string of the molecule is CCCCC(NC)c1cncc(OC)c1. The van der Waals surface area contributed by atoms with Gasteiger partial charge in [-0.15, -0.1) is 0 Å². The molecule has 1 aromatic heterocycles. The van der Waals surface area contributed by atoms with Gasteiger partial charge in [0.1, 0.15) is 5.75 Å². The largest absolute Gasteiger partial charge is 0.495 e. The third kappa shape index (κ3) is 3.51. The highest BCUT2D eigenvalue weighted by atomic mass is 16.5. The number of aromatic nitrogens is 1. The lowest BCUT2D eigenvalue weighted by Crippen LogP contribution is -2.16. The predicted octanol–water partition coefficient (Wildman–Crippen LogP) is 2.54. The maximum Gasteiger partial charge on any atom is 0.137 e. The monoisotopic (exact) mass is 208 g/mol. The van der Waals surface area contributed by atoms with Gasteiger partial charge in [0.2, 0.25) is 0 Å². The number of ether oxygens (including phenoxy) is 1. The van der Waals surface area contributed by atoms with Gasteiger partial charge in [0.05, 0.1) is 13.3 Å². The van der Waals surface area contributed by atoms with Crippen molar-refractivity contribution >= 4 is 0 Å². The number of pyridine rings is 1. The lowest BCUT2D eigenvalue weighted by atomic mass is 10.0. The Morgan fingerprint density at radius 1 is 1.47 bits per heavy atom. The summed E-state index contributed by atoms with van der Waals surface area (Å²) in [7, 11) is 3.65. The van der Waals surface area contributed by atoms with E-state index < -0.39 is 0 Å². The van der Waals surface area contributed by atoms with Gasteiger partial charge in [-0.3, -0.25) is 4.98 Å². The Bertz CT molecular complexity index is 289. The van der Waals surface area contributed by atoms with E-state index in [1.807, 2.05) is 19.3 Å². The minimum atomic E-state index is 0.382. The summed E-state index contributed by atoms with van der Waals surface area (Å²) in [6.45, 7) is 2.20. The van der Waals surface area contributed by atoms with E-state index >= 15 is 0 Å². The van der Waals surface area contributed by atoms with Crippen LogP contribution in [0.25, 0.3) is 0 Å². The minimum Gasteiger partial charge on any atom is -0.495 e. The van der Waals surface area contributed by atoms with E-state index in [-0.39, 0.29) is 0 Å². The van der Waals surface area contributed by atoms with Crippen LogP contribution in [0.3, 0.4) is 0 Å². The molecular formula is C12H20N2O. The zero-order valence-corrected chi connectivity index (χ0v) is 9.79. The Morgan fingerprint density at radius 3 is 2.87 bits per heavy atom. The first-order valence-corrected chi connectivity index (χ1v) is 5.48. The first-order valence-electron chi connectivity index (χ1n) is 5.48. The van der Waals surface area contributed by atoms with Gasteiger partial charge >= 0.3 is 0 Å². The average Bonchev–Trinajstić information content (AvgIpc) is 2.30. The molecule has 0 saturated heterocycles. The number of nitrogens with one attached hydrogen (secondary N) is 1. The summed E-state index contributed by atoms with van der Waals surface area (Å²) in [5, 5.41) is 3.31. The molecule has 1 N–H and O–H groups in total. The van der Waals surface area contributed by atoms with Gasteiger partial charge in [-0.1, -0.05) is 19.8 Å². The lowest BCUT2D eigenvalue weighted by molar-refractivity contribution is 0.410. The predicted molar refractivity (Wildman–Crippen MR) is 62.1 cm³/mol. The first kappa shape index (κ1) is 12.0. The highest BCUT2D eigenvalue weighted by Gasteiger charge is 2.09. The molecule has 0 radical (unpaired) electrons. The molecule has 1 unspecified atom stereocenters. The third-order valence-corrected chi connectivity index (χ3v) is 2.57. The normalized spacial score (nSPS) is 12.5. The zero-order valence-electron chi connectivity index (χ0n) is 9.79. The standard InChI is InChI=1S/C12H20N2O/c1-4-5-6-12(13-2)10-7-11(15-3)9-14-8-10/h7-9,12-13H,4-6H2,1-3H3. The molecule has 0 saturated carbocycles. The Balaban J connectivity index is 2.72. The summed E-state index contributed by atoms with van der Waals surface area (Å²) >= 11 is 0. The maximum absolute atomic E-state index is 5.16. The van der Waals surface area contributed by atoms with Crippen LogP contribution in [0.15, 0.2) is 18.5 Å². The quantitative estimate of drug-likeness (QED) is 0.780. The topological polar surface area (TPSA) is 34.2 Å². The van der Waals surface area contributed by atoms with Gasteiger partial charge in [0, 0.05) is 12.2 Å². The number of hydrogen-bond acceptors (Lipinski definition) is 3. The Kier molecular flexibility index (Phi) is 5.12. The number of unbranched alkanes of at least 4 members (excludes halogenated alkanes) is 1. The van der Waals surface area contributed by atoms with Crippen LogP contribution in [0.2, 0.25) is 0 Å². The van der Waals surface area contributed by atoms with Crippen LogP contribution < -0.4 is 10.1 Å². The Hall–Kier alpha value is -1.09. The van der Waals surface area contributed by atoms with Crippen molar-refractivity contribution < 1.29 is 4.74 Å². The van der Waals surface area contributed by atoms with Crippen molar-refractivity contribution in [2.75, 3.05) is 14.2 Å². The van der Waals surface area contributed by atoms with Crippen molar-refractivity contribution in [3.05, 3.63) is 24.0 Å². The zero-order chi connectivity index (χ0) is 11.1. The average molecular weight is 208 g/mol. The fraction of sp³-hybridized carbons (Fsp3) is 0.583. The highest BCUT2D eigenvalue weighted by molar-refractivity contribution is 5.25. The van der Waals surface area contributed by atoms with Crippen LogP contribution in [-0.2, 0) is 0 Å². The molecule has 0 amide bonds. The molecule has 3 heteroatoms. The van der Waals surface area contributed by atoms with E-state index in [0.29, 0.717) is 6.04 Å². The number of nitrogens with zero attached hydrogens (tertiary/aromatic N) is 1. The fourth-order valence-corrected chi connectivity index (χ4v) is 1.62. The van der Waals surface area contributed by atoms with E-state index in [2.05, 4.69) is 17.2 Å². The summed E-state index contributed by atoms with van der Waals surface area (Å²) < 4.78 is 5.16. The summed E-state index contributed by atoms with van der Waals surface area (Å²) in [4.78, 5) is 4.17. The maximum atomic E-state index is 5.16. The molecule has 1 rings (SSSR count). The summed E-state index contributed by atoms with van der Waals surface area (Å²) in [5.41, 5.74) is 1.20. The van der Waals surface area contributed by atoms with E-state index in [1.165, 1.54) is 18.4 Å². The van der Waals surface area contributed by atoms with Gasteiger partial charge in [0.15, 0.2) is 0 Å². The molecular weight excluding hydrogens is 188 g/mol. The molecule has 0 aromatic carbocycles. The first-order chi connectivity index (χ1) is 7.31. The Labute approximate surface area is 91.9 Å². The molecule has 1 atom stereocenters. The van der Waals surface area contributed by atoms with Gasteiger partial charge in [-0.05, 0) is 25.1 Å². The van der Waals surface area contributed by atoms with Crippen molar-refractivity contribution in [3.8, 4) is 5.75 Å². The number of methoxy groups -OCH3 is 1. The van der Waals surface area contributed by atoms with E-state index in [1.54, 1.807) is 13.3 Å². The molecule has 84 valence electrons. The van der Waals surface area contributed by atoms with E-state index in [0.717, 1.165) is 12.2 Å². The summed E-state index contributed by atoms with van der Waals surface area (Å²) in [6.07, 6.45) is 7.22. The molecule has 0 bridgehead atoms. The van der Waals surface area contributed by atoms with Gasteiger partial charge in [0.25, 0.3) is 0 Å². The molecule has 0 aliphatic rings. The molecule has 0 aliphatic carbocycles. The second-order valence-electron chi connectivity index (χ2n) is 3.64. The van der Waals surface area contributed by atoms with Crippen LogP contribution in [0, 0.1) is 0 Å². The lowest BCUT2D eigenvalue weighted by Gasteiger charge is -2.16. The van der Waals surface area contributed by atoms with Crippen LogP contribution in [-0.4, -0.2) is 19.1 Å². The van der Waals surface area contributed by atoms with E-state index in [9.17, 15) is 0 Å². The molecule has 1 aromatic rings. The molecule has 1 heterocycles. The smallest absolute Gasteiger partial charge is 0.137 e. The molecule has 15 heavy (non-hydrogen) atoms. The molecule has 3 nitrogen and oxygen atoms in total. The molecule has 0 aliphatic heterocycles. The summed E-state index contributed by atoms with van der Waals surface area (Å²) in [5.74, 6) is 0.823. The summed E-state index contributed by atoms with van der Waals surface area (Å²) in [6, 6.07) is 2.43. The van der Waals surface area contributed by atoms with Crippen LogP contribution >= 0.6 is 0 Å². The van der Waals surface area contributed by atoms with Crippen molar-refractivity contribution in [2.45, 2.75) is 32.2 Å². The highest BCUT2D eigenvalue weighted by Crippen LogP contribution is 2.21. The second-order valence-corrected chi connectivity index (χ2v) is 3.64. The van der Waals surface area contributed by atoms with Gasteiger partial charge < -0.3 is 10.1 Å². The van der Waals surface area contributed by atoms with Crippen molar-refractivity contribution in [1.29, 1.82) is 0 Å². The van der Waals surface area contributed by atoms with Crippen LogP contribution in [0.1, 0.15) is 37.8 Å². The fourth-order valence-electron chi connectivity index (χ4n) is 1.62. The molecule has 0 fully saturated rings. The Morgan fingerprint density at radius 2 is 2.27 bits per heavy atom. The van der Waals surface area contributed by atoms with Gasteiger partial charge in [-0.2, -0.15) is 0 Å². The van der Waals surface area contributed by atoms with Crippen molar-refractivity contribution in [2.24, 2.45) is 0 Å². The van der Waals surface area contributed by atoms with Crippen LogP contribution in [0.4, 0.5) is 0 Å². The number of rotatable bonds is 6. The second kappa shape index (κ2) is 6.40.